The van der Waals surface area contributed by atoms with Gasteiger partial charge in [-0.15, -0.1) is 5.92 Å². The topological polar surface area (TPSA) is 94.9 Å². The van der Waals surface area contributed by atoms with Crippen molar-refractivity contribution >= 4 is 17.4 Å². The summed E-state index contributed by atoms with van der Waals surface area (Å²) >= 11 is 0. The number of nitrogens with one attached hydrogen (secondary N) is 2. The highest BCUT2D eigenvalue weighted by molar-refractivity contribution is 6.04. The van der Waals surface area contributed by atoms with E-state index in [1.54, 1.807) is 6.92 Å². The number of rotatable bonds is 12. The number of benzene rings is 2. The lowest BCUT2D eigenvalue weighted by Crippen LogP contribution is -2.39. The standard InChI is InChI=1S/C29H37N3O4/c1-4-5-24(17-29(33)34)23-7-9-25(10-8-23)36-20-22-6-11-26(28(16-22)31-18-21(2)3)27(30)19-32-12-14-35-15-13-32/h6-11,16,21,24,30-31H,12-15,17-20H2,1-3H3,(H,33,34)/t24-/m0/s1. The predicted molar refractivity (Wildman–Crippen MR) is 143 cm³/mol. The highest BCUT2D eigenvalue weighted by Crippen LogP contribution is 2.24. The van der Waals surface area contributed by atoms with Gasteiger partial charge in [0.15, 0.2) is 0 Å². The molecule has 0 amide bonds. The molecule has 1 atom stereocenters. The number of hydrogen-bond donors (Lipinski definition) is 3. The summed E-state index contributed by atoms with van der Waals surface area (Å²) < 4.78 is 11.4. The first-order valence-corrected chi connectivity index (χ1v) is 12.5. The van der Waals surface area contributed by atoms with Crippen LogP contribution in [-0.2, 0) is 16.1 Å². The van der Waals surface area contributed by atoms with Gasteiger partial charge in [-0.05, 0) is 42.2 Å². The molecule has 1 aliphatic heterocycles. The van der Waals surface area contributed by atoms with E-state index in [1.165, 1.54) is 0 Å². The average molecular weight is 492 g/mol. The van der Waals surface area contributed by atoms with E-state index in [4.69, 9.17) is 20.0 Å². The quantitative estimate of drug-likeness (QED) is 0.296. The van der Waals surface area contributed by atoms with Crippen molar-refractivity contribution in [3.05, 3.63) is 59.2 Å². The van der Waals surface area contributed by atoms with E-state index in [9.17, 15) is 4.79 Å². The van der Waals surface area contributed by atoms with Gasteiger partial charge in [0, 0.05) is 37.4 Å². The Morgan fingerprint density at radius 2 is 1.92 bits per heavy atom. The summed E-state index contributed by atoms with van der Waals surface area (Å²) in [5.41, 5.74) is 4.33. The number of aliphatic carboxylic acids is 1. The van der Waals surface area contributed by atoms with Crippen molar-refractivity contribution in [2.24, 2.45) is 5.92 Å². The number of anilines is 1. The van der Waals surface area contributed by atoms with Crippen LogP contribution in [0.5, 0.6) is 5.75 Å². The van der Waals surface area contributed by atoms with Crippen molar-refractivity contribution in [3.8, 4) is 17.6 Å². The molecule has 0 unspecified atom stereocenters. The summed E-state index contributed by atoms with van der Waals surface area (Å²) in [4.78, 5) is 13.4. The van der Waals surface area contributed by atoms with Gasteiger partial charge in [-0.25, -0.2) is 0 Å². The van der Waals surface area contributed by atoms with Gasteiger partial charge in [-0.1, -0.05) is 44.0 Å². The van der Waals surface area contributed by atoms with Crippen LogP contribution in [-0.4, -0.2) is 61.1 Å². The molecule has 3 N–H and O–H groups in total. The summed E-state index contributed by atoms with van der Waals surface area (Å²) in [6, 6.07) is 13.5. The zero-order valence-corrected chi connectivity index (χ0v) is 21.5. The smallest absolute Gasteiger partial charge is 0.304 e. The van der Waals surface area contributed by atoms with Crippen molar-refractivity contribution in [1.29, 1.82) is 5.41 Å². The Morgan fingerprint density at radius 1 is 1.19 bits per heavy atom. The van der Waals surface area contributed by atoms with Gasteiger partial charge in [0.1, 0.15) is 12.4 Å². The number of ether oxygens (including phenoxy) is 2. The van der Waals surface area contributed by atoms with Crippen LogP contribution in [0.2, 0.25) is 0 Å². The van der Waals surface area contributed by atoms with Gasteiger partial charge in [-0.3, -0.25) is 9.69 Å². The van der Waals surface area contributed by atoms with Crippen molar-refractivity contribution in [3.63, 3.8) is 0 Å². The lowest BCUT2D eigenvalue weighted by molar-refractivity contribution is -0.137. The lowest BCUT2D eigenvalue weighted by atomic mass is 9.96. The molecule has 0 saturated carbocycles. The number of carboxylic acid groups (broad SMARTS) is 1. The summed E-state index contributed by atoms with van der Waals surface area (Å²) in [5, 5.41) is 21.4. The van der Waals surface area contributed by atoms with E-state index in [0.29, 0.717) is 30.5 Å². The molecule has 2 aromatic carbocycles. The molecular weight excluding hydrogens is 454 g/mol. The second kappa shape index (κ2) is 13.7. The van der Waals surface area contributed by atoms with E-state index in [0.717, 1.165) is 55.2 Å². The predicted octanol–water partition coefficient (Wildman–Crippen LogP) is 4.62. The number of nitrogens with zero attached hydrogens (tertiary/aromatic N) is 1. The van der Waals surface area contributed by atoms with Crippen LogP contribution < -0.4 is 10.1 Å². The van der Waals surface area contributed by atoms with Crippen molar-refractivity contribution in [1.82, 2.24) is 4.90 Å². The number of morpholine rings is 1. The Bertz CT molecular complexity index is 1080. The largest absolute Gasteiger partial charge is 0.489 e. The fourth-order valence-corrected chi connectivity index (χ4v) is 4.04. The van der Waals surface area contributed by atoms with Crippen LogP contribution in [0.3, 0.4) is 0 Å². The molecule has 1 aliphatic rings. The molecule has 0 radical (unpaired) electrons. The van der Waals surface area contributed by atoms with Crippen LogP contribution in [0.1, 0.15) is 49.8 Å². The number of carbonyl (C=O) groups is 1. The van der Waals surface area contributed by atoms with Crippen molar-refractivity contribution in [2.75, 3.05) is 44.7 Å². The van der Waals surface area contributed by atoms with E-state index < -0.39 is 5.97 Å². The maximum atomic E-state index is 11.1. The molecule has 0 spiro atoms. The Balaban J connectivity index is 1.68. The third kappa shape index (κ3) is 8.40. The van der Waals surface area contributed by atoms with Crippen LogP contribution in [0.25, 0.3) is 0 Å². The maximum absolute atomic E-state index is 11.1. The first-order chi connectivity index (χ1) is 17.4. The molecule has 1 saturated heterocycles. The number of carboxylic acids is 1. The molecule has 7 nitrogen and oxygen atoms in total. The fraction of sp³-hybridized carbons (Fsp3) is 0.448. The van der Waals surface area contributed by atoms with Crippen LogP contribution in [0.15, 0.2) is 42.5 Å². The van der Waals surface area contributed by atoms with Gasteiger partial charge < -0.3 is 25.3 Å². The first kappa shape index (κ1) is 27.3. The molecule has 3 rings (SSSR count). The second-order valence-corrected chi connectivity index (χ2v) is 9.42. The third-order valence-corrected chi connectivity index (χ3v) is 5.98. The zero-order valence-electron chi connectivity index (χ0n) is 21.5. The summed E-state index contributed by atoms with van der Waals surface area (Å²) in [7, 11) is 0. The minimum absolute atomic E-state index is 0.0277. The van der Waals surface area contributed by atoms with Crippen LogP contribution in [0, 0.1) is 23.2 Å². The van der Waals surface area contributed by atoms with Crippen LogP contribution in [0.4, 0.5) is 5.69 Å². The van der Waals surface area contributed by atoms with Gasteiger partial charge in [-0.2, -0.15) is 0 Å². The minimum Gasteiger partial charge on any atom is -0.489 e. The SMILES string of the molecule is CC#C[C@@H](CC(=O)O)c1ccc(OCc2ccc(C(=N)CN3CCOCC3)c(NCC(C)C)c2)cc1. The van der Waals surface area contributed by atoms with E-state index >= 15 is 0 Å². The van der Waals surface area contributed by atoms with Gasteiger partial charge >= 0.3 is 5.97 Å². The molecule has 36 heavy (non-hydrogen) atoms. The Hall–Kier alpha value is -3.34. The zero-order chi connectivity index (χ0) is 25.9. The lowest BCUT2D eigenvalue weighted by Gasteiger charge is -2.27. The molecule has 2 aromatic rings. The molecular formula is C29H37N3O4. The maximum Gasteiger partial charge on any atom is 0.304 e. The Labute approximate surface area is 214 Å². The third-order valence-electron chi connectivity index (χ3n) is 5.98. The van der Waals surface area contributed by atoms with Gasteiger partial charge in [0.2, 0.25) is 0 Å². The molecule has 7 heteroatoms. The molecule has 1 heterocycles. The molecule has 192 valence electrons. The van der Waals surface area contributed by atoms with E-state index in [-0.39, 0.29) is 12.3 Å². The monoisotopic (exact) mass is 491 g/mol. The van der Waals surface area contributed by atoms with Gasteiger partial charge in [0.05, 0.1) is 31.3 Å². The van der Waals surface area contributed by atoms with E-state index in [1.807, 2.05) is 36.4 Å². The molecule has 0 aliphatic carbocycles. The van der Waals surface area contributed by atoms with E-state index in [2.05, 4.69) is 42.0 Å². The molecule has 0 bridgehead atoms. The first-order valence-electron chi connectivity index (χ1n) is 12.5. The number of hydrogen-bond acceptors (Lipinski definition) is 6. The minimum atomic E-state index is -0.869. The molecule has 1 fully saturated rings. The van der Waals surface area contributed by atoms with Crippen molar-refractivity contribution in [2.45, 2.75) is 39.7 Å². The Morgan fingerprint density at radius 3 is 2.56 bits per heavy atom. The molecule has 0 aromatic heterocycles. The van der Waals surface area contributed by atoms with Crippen LogP contribution >= 0.6 is 0 Å². The van der Waals surface area contributed by atoms with Gasteiger partial charge in [0.25, 0.3) is 0 Å². The second-order valence-electron chi connectivity index (χ2n) is 9.42. The fourth-order valence-electron chi connectivity index (χ4n) is 4.04. The highest BCUT2D eigenvalue weighted by Gasteiger charge is 2.17. The summed E-state index contributed by atoms with van der Waals surface area (Å²) in [6.07, 6.45) is -0.0277. The average Bonchev–Trinajstić information content (AvgIpc) is 2.86. The summed E-state index contributed by atoms with van der Waals surface area (Å²) in [6.45, 7) is 11.0. The Kier molecular flexibility index (Phi) is 10.3. The summed E-state index contributed by atoms with van der Waals surface area (Å²) in [5.74, 6) is 5.76. The van der Waals surface area contributed by atoms with Crippen molar-refractivity contribution < 1.29 is 19.4 Å². The normalized spacial score (nSPS) is 14.6. The highest BCUT2D eigenvalue weighted by atomic mass is 16.5.